The molecule has 0 aliphatic carbocycles. The molecule has 19 heavy (non-hydrogen) atoms. The quantitative estimate of drug-likeness (QED) is 0.857. The Morgan fingerprint density at radius 3 is 2.74 bits per heavy atom. The molecule has 0 spiro atoms. The highest BCUT2D eigenvalue weighted by Crippen LogP contribution is 2.19. The third-order valence-corrected chi connectivity index (χ3v) is 2.94. The first-order chi connectivity index (χ1) is 8.97. The van der Waals surface area contributed by atoms with Crippen LogP contribution in [0.15, 0.2) is 33.5 Å². The zero-order chi connectivity index (χ0) is 14.0. The van der Waals surface area contributed by atoms with Gasteiger partial charge in [0.25, 0.3) is 0 Å². The average molecular weight is 260 g/mol. The SMILES string of the molecule is CC(C)CCC(=O)c1cc(=O)c2ccc(O)cc2o1. The van der Waals surface area contributed by atoms with Crippen molar-refractivity contribution in [3.63, 3.8) is 0 Å². The number of hydrogen-bond acceptors (Lipinski definition) is 4. The van der Waals surface area contributed by atoms with Gasteiger partial charge in [-0.15, -0.1) is 0 Å². The Labute approximate surface area is 110 Å². The van der Waals surface area contributed by atoms with E-state index in [1.54, 1.807) is 0 Å². The van der Waals surface area contributed by atoms with Gasteiger partial charge in [0.15, 0.2) is 17.0 Å². The summed E-state index contributed by atoms with van der Waals surface area (Å²) in [5.41, 5.74) is -0.0328. The fourth-order valence-corrected chi connectivity index (χ4v) is 1.82. The van der Waals surface area contributed by atoms with Crippen LogP contribution in [0.5, 0.6) is 5.75 Å². The molecule has 0 aliphatic rings. The minimum atomic E-state index is -0.269. The van der Waals surface area contributed by atoms with Crippen LogP contribution < -0.4 is 5.43 Å². The second kappa shape index (κ2) is 5.26. The fourth-order valence-electron chi connectivity index (χ4n) is 1.82. The van der Waals surface area contributed by atoms with Gasteiger partial charge in [-0.1, -0.05) is 13.8 Å². The molecule has 2 rings (SSSR count). The number of phenols is 1. The highest BCUT2D eigenvalue weighted by molar-refractivity contribution is 5.94. The molecule has 0 fully saturated rings. The number of aromatic hydroxyl groups is 1. The van der Waals surface area contributed by atoms with Gasteiger partial charge in [-0.2, -0.15) is 0 Å². The van der Waals surface area contributed by atoms with Gasteiger partial charge in [-0.3, -0.25) is 9.59 Å². The summed E-state index contributed by atoms with van der Waals surface area (Å²) in [4.78, 5) is 23.8. The van der Waals surface area contributed by atoms with E-state index in [0.29, 0.717) is 17.7 Å². The first-order valence-electron chi connectivity index (χ1n) is 6.27. The maximum absolute atomic E-state index is 11.9. The maximum atomic E-state index is 11.9. The van der Waals surface area contributed by atoms with E-state index in [0.717, 1.165) is 6.42 Å². The summed E-state index contributed by atoms with van der Waals surface area (Å²) in [6.45, 7) is 4.06. The topological polar surface area (TPSA) is 67.5 Å². The Balaban J connectivity index is 2.39. The van der Waals surface area contributed by atoms with Crippen LogP contribution in [0.1, 0.15) is 37.2 Å². The van der Waals surface area contributed by atoms with Gasteiger partial charge in [-0.25, -0.2) is 0 Å². The van der Waals surface area contributed by atoms with Gasteiger partial charge in [0.2, 0.25) is 0 Å². The molecule has 0 unspecified atom stereocenters. The van der Waals surface area contributed by atoms with E-state index in [1.165, 1.54) is 24.3 Å². The Morgan fingerprint density at radius 2 is 2.05 bits per heavy atom. The van der Waals surface area contributed by atoms with E-state index < -0.39 is 0 Å². The van der Waals surface area contributed by atoms with Gasteiger partial charge < -0.3 is 9.52 Å². The van der Waals surface area contributed by atoms with E-state index in [4.69, 9.17) is 4.42 Å². The number of carbonyl (C=O) groups excluding carboxylic acids is 1. The highest BCUT2D eigenvalue weighted by Gasteiger charge is 2.13. The van der Waals surface area contributed by atoms with Crippen LogP contribution in [0, 0.1) is 5.92 Å². The van der Waals surface area contributed by atoms with Crippen LogP contribution in [0.2, 0.25) is 0 Å². The molecule has 4 nitrogen and oxygen atoms in total. The number of Topliss-reactive ketones (excluding diaryl/α,β-unsaturated/α-hetero) is 1. The van der Waals surface area contributed by atoms with Crippen molar-refractivity contribution in [1.82, 2.24) is 0 Å². The van der Waals surface area contributed by atoms with E-state index >= 15 is 0 Å². The molecule has 0 saturated heterocycles. The van der Waals surface area contributed by atoms with Crippen LogP contribution in [0.3, 0.4) is 0 Å². The standard InChI is InChI=1S/C15H16O4/c1-9(2)3-6-12(17)15-8-13(18)11-5-4-10(16)7-14(11)19-15/h4-5,7-9,16H,3,6H2,1-2H3. The third kappa shape index (κ3) is 3.02. The molecule has 0 atom stereocenters. The van der Waals surface area contributed by atoms with Crippen molar-refractivity contribution in [3.05, 3.63) is 40.2 Å². The van der Waals surface area contributed by atoms with Crippen molar-refractivity contribution >= 4 is 16.8 Å². The van der Waals surface area contributed by atoms with Crippen LogP contribution >= 0.6 is 0 Å². The summed E-state index contributed by atoms with van der Waals surface area (Å²) in [6.07, 6.45) is 1.10. The molecule has 0 amide bonds. The molecular weight excluding hydrogens is 244 g/mol. The van der Waals surface area contributed by atoms with E-state index in [2.05, 4.69) is 0 Å². The molecule has 0 bridgehead atoms. The molecule has 4 heteroatoms. The molecule has 0 aliphatic heterocycles. The summed E-state index contributed by atoms with van der Waals surface area (Å²) >= 11 is 0. The van der Waals surface area contributed by atoms with E-state index in [1.807, 2.05) is 13.8 Å². The van der Waals surface area contributed by atoms with Crippen molar-refractivity contribution in [2.45, 2.75) is 26.7 Å². The smallest absolute Gasteiger partial charge is 0.198 e. The van der Waals surface area contributed by atoms with Crippen LogP contribution in [0.4, 0.5) is 0 Å². The molecule has 0 radical (unpaired) electrons. The lowest BCUT2D eigenvalue weighted by Gasteiger charge is -2.04. The second-order valence-corrected chi connectivity index (χ2v) is 5.01. The monoisotopic (exact) mass is 260 g/mol. The van der Waals surface area contributed by atoms with Gasteiger partial charge in [-0.05, 0) is 24.5 Å². The molecule has 1 N–H and O–H groups in total. The summed E-state index contributed by atoms with van der Waals surface area (Å²) < 4.78 is 5.41. The lowest BCUT2D eigenvalue weighted by Crippen LogP contribution is -2.07. The number of ketones is 1. The summed E-state index contributed by atoms with van der Waals surface area (Å²) in [5, 5.41) is 9.74. The average Bonchev–Trinajstić information content (AvgIpc) is 2.35. The molecule has 1 aromatic carbocycles. The Morgan fingerprint density at radius 1 is 1.32 bits per heavy atom. The predicted octanol–water partition coefficient (Wildman–Crippen LogP) is 3.12. The largest absolute Gasteiger partial charge is 0.508 e. The lowest BCUT2D eigenvalue weighted by molar-refractivity contribution is 0.0949. The second-order valence-electron chi connectivity index (χ2n) is 5.01. The van der Waals surface area contributed by atoms with E-state index in [-0.39, 0.29) is 28.3 Å². The van der Waals surface area contributed by atoms with Gasteiger partial charge in [0.05, 0.1) is 5.39 Å². The Hall–Kier alpha value is -2.10. The van der Waals surface area contributed by atoms with Crippen molar-refractivity contribution in [2.75, 3.05) is 0 Å². The van der Waals surface area contributed by atoms with Crippen LogP contribution in [-0.2, 0) is 0 Å². The third-order valence-electron chi connectivity index (χ3n) is 2.94. The number of carbonyl (C=O) groups is 1. The molecule has 100 valence electrons. The van der Waals surface area contributed by atoms with Gasteiger partial charge >= 0.3 is 0 Å². The van der Waals surface area contributed by atoms with Gasteiger partial charge in [0, 0.05) is 18.6 Å². The van der Waals surface area contributed by atoms with Crippen molar-refractivity contribution in [2.24, 2.45) is 5.92 Å². The zero-order valence-electron chi connectivity index (χ0n) is 11.0. The Kier molecular flexibility index (Phi) is 3.69. The Bertz CT molecular complexity index is 667. The van der Waals surface area contributed by atoms with Gasteiger partial charge in [0.1, 0.15) is 11.3 Å². The molecular formula is C15H16O4. The number of benzene rings is 1. The molecule has 0 saturated carbocycles. The molecule has 2 aromatic rings. The zero-order valence-corrected chi connectivity index (χ0v) is 11.0. The van der Waals surface area contributed by atoms with E-state index in [9.17, 15) is 14.7 Å². The van der Waals surface area contributed by atoms with Crippen molar-refractivity contribution < 1.29 is 14.3 Å². The molecule has 1 aromatic heterocycles. The molecule has 1 heterocycles. The van der Waals surface area contributed by atoms with Crippen molar-refractivity contribution in [1.29, 1.82) is 0 Å². The normalized spacial score (nSPS) is 11.1. The fraction of sp³-hybridized carbons (Fsp3) is 0.333. The maximum Gasteiger partial charge on any atom is 0.198 e. The summed E-state index contributed by atoms with van der Waals surface area (Å²) in [7, 11) is 0. The minimum absolute atomic E-state index is 0.00225. The number of rotatable bonds is 4. The highest BCUT2D eigenvalue weighted by atomic mass is 16.3. The van der Waals surface area contributed by atoms with Crippen molar-refractivity contribution in [3.8, 4) is 5.75 Å². The number of hydrogen-bond donors (Lipinski definition) is 1. The first kappa shape index (κ1) is 13.3. The first-order valence-corrected chi connectivity index (χ1v) is 6.27. The summed E-state index contributed by atoms with van der Waals surface area (Å²) in [6, 6.07) is 5.47. The number of fused-ring (bicyclic) bond motifs is 1. The summed E-state index contributed by atoms with van der Waals surface area (Å²) in [5.74, 6) is 0.294. The number of phenolic OH excluding ortho intramolecular Hbond substituents is 1. The lowest BCUT2D eigenvalue weighted by atomic mass is 10.0. The minimum Gasteiger partial charge on any atom is -0.508 e. The van der Waals surface area contributed by atoms with Crippen LogP contribution in [0.25, 0.3) is 11.0 Å². The predicted molar refractivity (Wildman–Crippen MR) is 72.6 cm³/mol. The van der Waals surface area contributed by atoms with Crippen LogP contribution in [-0.4, -0.2) is 10.9 Å².